The van der Waals surface area contributed by atoms with Crippen LogP contribution in [0.4, 0.5) is 0 Å². The molecule has 1 aromatic carbocycles. The van der Waals surface area contributed by atoms with Crippen LogP contribution in [0.3, 0.4) is 0 Å². The van der Waals surface area contributed by atoms with Crippen LogP contribution in [0.5, 0.6) is 0 Å². The number of carbonyl (C=O) groups excluding carboxylic acids is 1. The topological polar surface area (TPSA) is 49.0 Å². The maximum absolute atomic E-state index is 12.5. The lowest BCUT2D eigenvalue weighted by molar-refractivity contribution is -0.128. The number of hydrogen-bond acceptors (Lipinski definition) is 4. The zero-order chi connectivity index (χ0) is 17.1. The standard InChI is InChI=1S/C17H18ClN3OS2/c1-3-21(9-12-5-7-15(18)24-12)16(22)10-23-17-19-13-6-4-11(2)8-14(13)20-17/h4-8H,3,9-10H2,1-2H3,(H,19,20). The number of nitrogens with one attached hydrogen (secondary N) is 1. The molecule has 126 valence electrons. The smallest absolute Gasteiger partial charge is 0.233 e. The van der Waals surface area contributed by atoms with Crippen molar-refractivity contribution in [2.75, 3.05) is 12.3 Å². The Morgan fingerprint density at radius 1 is 1.38 bits per heavy atom. The van der Waals surface area contributed by atoms with Gasteiger partial charge in [-0.1, -0.05) is 29.4 Å². The van der Waals surface area contributed by atoms with Gasteiger partial charge in [0.15, 0.2) is 5.16 Å². The summed E-state index contributed by atoms with van der Waals surface area (Å²) in [5.41, 5.74) is 3.12. The van der Waals surface area contributed by atoms with Crippen LogP contribution in [-0.2, 0) is 11.3 Å². The second kappa shape index (κ2) is 7.59. The first-order valence-electron chi connectivity index (χ1n) is 7.66. The molecule has 0 atom stereocenters. The number of nitrogens with zero attached hydrogens (tertiary/aromatic N) is 2. The number of thioether (sulfide) groups is 1. The van der Waals surface area contributed by atoms with Gasteiger partial charge in [0.1, 0.15) is 0 Å². The SMILES string of the molecule is CCN(Cc1ccc(Cl)s1)C(=O)CSc1nc2ccc(C)cc2[nH]1. The largest absolute Gasteiger partial charge is 0.337 e. The summed E-state index contributed by atoms with van der Waals surface area (Å²) in [5.74, 6) is 0.467. The molecule has 0 aliphatic heterocycles. The van der Waals surface area contributed by atoms with Gasteiger partial charge in [0.25, 0.3) is 0 Å². The van der Waals surface area contributed by atoms with Crippen molar-refractivity contribution < 1.29 is 4.79 Å². The monoisotopic (exact) mass is 379 g/mol. The van der Waals surface area contributed by atoms with Crippen molar-refractivity contribution in [3.63, 3.8) is 0 Å². The van der Waals surface area contributed by atoms with Crippen molar-refractivity contribution in [2.24, 2.45) is 0 Å². The van der Waals surface area contributed by atoms with Crippen molar-refractivity contribution in [1.82, 2.24) is 14.9 Å². The first kappa shape index (κ1) is 17.3. The molecule has 2 aromatic heterocycles. The number of thiophene rings is 1. The number of rotatable bonds is 6. The molecule has 0 aliphatic carbocycles. The summed E-state index contributed by atoms with van der Waals surface area (Å²) in [6, 6.07) is 9.93. The summed E-state index contributed by atoms with van der Waals surface area (Å²) >= 11 is 8.91. The Morgan fingerprint density at radius 2 is 2.21 bits per heavy atom. The summed E-state index contributed by atoms with van der Waals surface area (Å²) < 4.78 is 0.750. The van der Waals surface area contributed by atoms with Crippen LogP contribution in [0.25, 0.3) is 11.0 Å². The van der Waals surface area contributed by atoms with Gasteiger partial charge in [0.05, 0.1) is 27.7 Å². The van der Waals surface area contributed by atoms with E-state index >= 15 is 0 Å². The second-order valence-corrected chi connectivity index (χ2v) is 8.23. The van der Waals surface area contributed by atoms with Crippen LogP contribution in [0.15, 0.2) is 35.5 Å². The minimum Gasteiger partial charge on any atom is -0.337 e. The normalized spacial score (nSPS) is 11.1. The third-order valence-corrected chi connectivity index (χ3v) is 5.73. The van der Waals surface area contributed by atoms with Crippen LogP contribution in [0.2, 0.25) is 4.34 Å². The lowest BCUT2D eigenvalue weighted by atomic mass is 10.2. The number of halogens is 1. The van der Waals surface area contributed by atoms with E-state index in [0.29, 0.717) is 18.8 Å². The lowest BCUT2D eigenvalue weighted by Gasteiger charge is -2.19. The minimum absolute atomic E-state index is 0.101. The molecule has 0 spiro atoms. The van der Waals surface area contributed by atoms with Crippen LogP contribution in [0.1, 0.15) is 17.4 Å². The fraction of sp³-hybridized carbons (Fsp3) is 0.294. The Morgan fingerprint density at radius 3 is 2.92 bits per heavy atom. The van der Waals surface area contributed by atoms with E-state index in [1.165, 1.54) is 28.7 Å². The summed E-state index contributed by atoms with van der Waals surface area (Å²) in [5, 5.41) is 0.777. The number of H-pyrrole nitrogens is 1. The fourth-order valence-corrected chi connectivity index (χ4v) is 4.28. The summed E-state index contributed by atoms with van der Waals surface area (Å²) in [6.45, 7) is 5.31. The van der Waals surface area contributed by atoms with Crippen molar-refractivity contribution in [3.05, 3.63) is 45.1 Å². The average molecular weight is 380 g/mol. The minimum atomic E-state index is 0.101. The molecular weight excluding hydrogens is 362 g/mol. The molecule has 1 N–H and O–H groups in total. The molecule has 2 heterocycles. The predicted octanol–water partition coefficient (Wildman–Crippen LogP) is 4.73. The van der Waals surface area contributed by atoms with Crippen molar-refractivity contribution in [1.29, 1.82) is 0 Å². The summed E-state index contributed by atoms with van der Waals surface area (Å²) in [6.07, 6.45) is 0. The average Bonchev–Trinajstić information content (AvgIpc) is 3.15. The van der Waals surface area contributed by atoms with Crippen LogP contribution in [-0.4, -0.2) is 33.1 Å². The molecule has 0 unspecified atom stereocenters. The maximum atomic E-state index is 12.5. The Kier molecular flexibility index (Phi) is 5.48. The van der Waals surface area contributed by atoms with Gasteiger partial charge in [-0.25, -0.2) is 4.98 Å². The number of amides is 1. The van der Waals surface area contributed by atoms with E-state index in [1.54, 1.807) is 0 Å². The van der Waals surface area contributed by atoms with E-state index in [2.05, 4.69) is 16.0 Å². The van der Waals surface area contributed by atoms with Gasteiger partial charge >= 0.3 is 0 Å². The van der Waals surface area contributed by atoms with Gasteiger partial charge in [-0.2, -0.15) is 0 Å². The lowest BCUT2D eigenvalue weighted by Crippen LogP contribution is -2.31. The molecule has 4 nitrogen and oxygen atoms in total. The molecule has 3 rings (SSSR count). The molecular formula is C17H18ClN3OS2. The number of carbonyl (C=O) groups is 1. The molecule has 0 fully saturated rings. The Balaban J connectivity index is 1.62. The van der Waals surface area contributed by atoms with Gasteiger partial charge < -0.3 is 9.88 Å². The van der Waals surface area contributed by atoms with Crippen LogP contribution >= 0.6 is 34.7 Å². The number of imidazole rings is 1. The zero-order valence-corrected chi connectivity index (χ0v) is 15.9. The van der Waals surface area contributed by atoms with Gasteiger partial charge in [0.2, 0.25) is 5.91 Å². The van der Waals surface area contributed by atoms with E-state index in [4.69, 9.17) is 11.6 Å². The molecule has 1 amide bonds. The molecule has 7 heteroatoms. The number of hydrogen-bond donors (Lipinski definition) is 1. The Hall–Kier alpha value is -1.50. The van der Waals surface area contributed by atoms with E-state index in [-0.39, 0.29) is 5.91 Å². The highest BCUT2D eigenvalue weighted by atomic mass is 35.5. The van der Waals surface area contributed by atoms with E-state index < -0.39 is 0 Å². The van der Waals surface area contributed by atoms with E-state index in [0.717, 1.165) is 25.4 Å². The molecule has 0 aliphatic rings. The number of aromatic amines is 1. The first-order chi connectivity index (χ1) is 11.5. The first-order valence-corrected chi connectivity index (χ1v) is 9.84. The highest BCUT2D eigenvalue weighted by Crippen LogP contribution is 2.24. The molecule has 0 saturated carbocycles. The van der Waals surface area contributed by atoms with Gasteiger partial charge in [-0.3, -0.25) is 4.79 Å². The quantitative estimate of drug-likeness (QED) is 0.630. The Labute approximate surface area is 154 Å². The third kappa shape index (κ3) is 4.12. The highest BCUT2D eigenvalue weighted by Gasteiger charge is 2.15. The number of aryl methyl sites for hydroxylation is 1. The van der Waals surface area contributed by atoms with Crippen LogP contribution in [0, 0.1) is 6.92 Å². The van der Waals surface area contributed by atoms with Crippen molar-refractivity contribution in [2.45, 2.75) is 25.5 Å². The van der Waals surface area contributed by atoms with E-state index in [1.807, 2.05) is 43.0 Å². The number of benzene rings is 1. The zero-order valence-electron chi connectivity index (χ0n) is 13.5. The van der Waals surface area contributed by atoms with Gasteiger partial charge in [-0.05, 0) is 43.7 Å². The van der Waals surface area contributed by atoms with Gasteiger partial charge in [-0.15, -0.1) is 11.3 Å². The van der Waals surface area contributed by atoms with Gasteiger partial charge in [0, 0.05) is 11.4 Å². The van der Waals surface area contributed by atoms with Crippen molar-refractivity contribution >= 4 is 51.6 Å². The Bertz CT molecular complexity index is 859. The van der Waals surface area contributed by atoms with E-state index in [9.17, 15) is 4.79 Å². The number of fused-ring (bicyclic) bond motifs is 1. The molecule has 0 saturated heterocycles. The summed E-state index contributed by atoms with van der Waals surface area (Å²) in [7, 11) is 0. The third-order valence-electron chi connectivity index (χ3n) is 3.66. The maximum Gasteiger partial charge on any atom is 0.233 e. The highest BCUT2D eigenvalue weighted by molar-refractivity contribution is 7.99. The molecule has 0 radical (unpaired) electrons. The summed E-state index contributed by atoms with van der Waals surface area (Å²) in [4.78, 5) is 23.2. The van der Waals surface area contributed by atoms with Crippen molar-refractivity contribution in [3.8, 4) is 0 Å². The predicted molar refractivity (Wildman–Crippen MR) is 102 cm³/mol. The molecule has 3 aromatic rings. The molecule has 0 bridgehead atoms. The second-order valence-electron chi connectivity index (χ2n) is 5.46. The molecule has 24 heavy (non-hydrogen) atoms. The van der Waals surface area contributed by atoms with Crippen LogP contribution < -0.4 is 0 Å². The fourth-order valence-electron chi connectivity index (χ4n) is 2.39. The number of aromatic nitrogens is 2.